The molecule has 0 bridgehead atoms. The van der Waals surface area contributed by atoms with Gasteiger partial charge >= 0.3 is 6.09 Å². The molecule has 0 saturated heterocycles. The SMILES string of the molecule is O=C(NC(=O)c1ccsc1NC(=O)c1nc2ccccc2s1)OCc1ccccc1. The molecular weight excluding hydrogens is 422 g/mol. The number of para-hydroxylation sites is 1. The molecule has 0 saturated carbocycles. The van der Waals surface area contributed by atoms with E-state index in [2.05, 4.69) is 15.6 Å². The largest absolute Gasteiger partial charge is 0.444 e. The van der Waals surface area contributed by atoms with Crippen LogP contribution in [-0.4, -0.2) is 22.9 Å². The van der Waals surface area contributed by atoms with E-state index in [0.717, 1.165) is 15.8 Å². The number of hydrogen-bond acceptors (Lipinski definition) is 7. The third-order valence-electron chi connectivity index (χ3n) is 4.05. The van der Waals surface area contributed by atoms with Gasteiger partial charge in [-0.3, -0.25) is 14.9 Å². The first-order valence-electron chi connectivity index (χ1n) is 8.86. The zero-order chi connectivity index (χ0) is 20.9. The average Bonchev–Trinajstić information content (AvgIpc) is 3.40. The molecule has 2 N–H and O–H groups in total. The number of nitrogens with one attached hydrogen (secondary N) is 2. The minimum atomic E-state index is -0.862. The summed E-state index contributed by atoms with van der Waals surface area (Å²) in [6.07, 6.45) is -0.862. The van der Waals surface area contributed by atoms with E-state index in [0.29, 0.717) is 10.0 Å². The highest BCUT2D eigenvalue weighted by atomic mass is 32.1. The maximum absolute atomic E-state index is 12.6. The minimum Gasteiger partial charge on any atom is -0.444 e. The van der Waals surface area contributed by atoms with Crippen LogP contribution in [0.15, 0.2) is 66.0 Å². The van der Waals surface area contributed by atoms with Crippen molar-refractivity contribution in [1.82, 2.24) is 10.3 Å². The van der Waals surface area contributed by atoms with Crippen LogP contribution in [0.5, 0.6) is 0 Å². The monoisotopic (exact) mass is 437 g/mol. The molecule has 2 heterocycles. The molecule has 0 aliphatic heterocycles. The maximum atomic E-state index is 12.6. The fourth-order valence-corrected chi connectivity index (χ4v) is 4.27. The number of hydrogen-bond donors (Lipinski definition) is 2. The Bertz CT molecular complexity index is 1180. The average molecular weight is 438 g/mol. The summed E-state index contributed by atoms with van der Waals surface area (Å²) in [6.45, 7) is 0.0464. The summed E-state index contributed by atoms with van der Waals surface area (Å²) in [5.41, 5.74) is 1.71. The summed E-state index contributed by atoms with van der Waals surface area (Å²) in [5.74, 6) is -1.08. The summed E-state index contributed by atoms with van der Waals surface area (Å²) < 4.78 is 5.95. The van der Waals surface area contributed by atoms with Crippen molar-refractivity contribution in [1.29, 1.82) is 0 Å². The maximum Gasteiger partial charge on any atom is 0.414 e. The topological polar surface area (TPSA) is 97.4 Å². The van der Waals surface area contributed by atoms with Gasteiger partial charge in [-0.2, -0.15) is 0 Å². The molecule has 2 aromatic heterocycles. The molecule has 9 heteroatoms. The number of alkyl carbamates (subject to hydrolysis) is 1. The van der Waals surface area contributed by atoms with Crippen molar-refractivity contribution in [3.05, 3.63) is 82.2 Å². The molecule has 7 nitrogen and oxygen atoms in total. The lowest BCUT2D eigenvalue weighted by molar-refractivity contribution is 0.0913. The summed E-state index contributed by atoms with van der Waals surface area (Å²) in [7, 11) is 0. The van der Waals surface area contributed by atoms with Crippen molar-refractivity contribution in [2.45, 2.75) is 6.61 Å². The molecule has 0 unspecified atom stereocenters. The smallest absolute Gasteiger partial charge is 0.414 e. The van der Waals surface area contributed by atoms with Crippen LogP contribution in [0.4, 0.5) is 9.80 Å². The van der Waals surface area contributed by atoms with E-state index in [1.54, 1.807) is 5.38 Å². The van der Waals surface area contributed by atoms with Crippen LogP contribution in [-0.2, 0) is 11.3 Å². The van der Waals surface area contributed by atoms with Crippen LogP contribution >= 0.6 is 22.7 Å². The summed E-state index contributed by atoms with van der Waals surface area (Å²) >= 11 is 2.44. The van der Waals surface area contributed by atoms with Crippen molar-refractivity contribution in [3.63, 3.8) is 0 Å². The Morgan fingerprint density at radius 3 is 2.50 bits per heavy atom. The molecule has 30 heavy (non-hydrogen) atoms. The number of carbonyl (C=O) groups excluding carboxylic acids is 3. The normalized spacial score (nSPS) is 10.5. The number of carbonyl (C=O) groups is 3. The van der Waals surface area contributed by atoms with Gasteiger partial charge in [0.1, 0.15) is 11.6 Å². The third-order valence-corrected chi connectivity index (χ3v) is 5.92. The molecule has 2 aromatic carbocycles. The third kappa shape index (κ3) is 4.53. The van der Waals surface area contributed by atoms with E-state index in [1.807, 2.05) is 54.6 Å². The highest BCUT2D eigenvalue weighted by molar-refractivity contribution is 7.20. The first-order chi connectivity index (χ1) is 14.6. The van der Waals surface area contributed by atoms with Gasteiger partial charge in [0.2, 0.25) is 0 Å². The van der Waals surface area contributed by atoms with Gasteiger partial charge in [-0.1, -0.05) is 42.5 Å². The number of imide groups is 1. The Kier molecular flexibility index (Phi) is 5.82. The van der Waals surface area contributed by atoms with Crippen LogP contribution in [0.2, 0.25) is 0 Å². The number of fused-ring (bicyclic) bond motifs is 1. The van der Waals surface area contributed by atoms with Gasteiger partial charge < -0.3 is 10.1 Å². The molecule has 0 radical (unpaired) electrons. The van der Waals surface area contributed by atoms with Gasteiger partial charge in [0, 0.05) is 0 Å². The fourth-order valence-electron chi connectivity index (χ4n) is 2.63. The molecule has 3 amide bonds. The predicted molar refractivity (Wildman–Crippen MR) is 116 cm³/mol. The number of rotatable bonds is 5. The highest BCUT2D eigenvalue weighted by Crippen LogP contribution is 2.26. The molecule has 150 valence electrons. The van der Waals surface area contributed by atoms with Crippen LogP contribution in [0.25, 0.3) is 10.2 Å². The lowest BCUT2D eigenvalue weighted by Gasteiger charge is -2.07. The molecule has 0 fully saturated rings. The van der Waals surface area contributed by atoms with Gasteiger partial charge in [0.25, 0.3) is 11.8 Å². The van der Waals surface area contributed by atoms with Gasteiger partial charge in [-0.25, -0.2) is 9.78 Å². The van der Waals surface area contributed by atoms with E-state index in [-0.39, 0.29) is 12.2 Å². The lowest BCUT2D eigenvalue weighted by atomic mass is 10.2. The van der Waals surface area contributed by atoms with E-state index < -0.39 is 17.9 Å². The summed E-state index contributed by atoms with van der Waals surface area (Å²) in [4.78, 5) is 41.2. The Hall–Kier alpha value is -3.56. The Balaban J connectivity index is 1.39. The van der Waals surface area contributed by atoms with Gasteiger partial charge in [0.15, 0.2) is 5.01 Å². The van der Waals surface area contributed by atoms with Crippen LogP contribution in [0.1, 0.15) is 25.7 Å². The van der Waals surface area contributed by atoms with Crippen molar-refractivity contribution < 1.29 is 19.1 Å². The van der Waals surface area contributed by atoms with Crippen LogP contribution < -0.4 is 10.6 Å². The second kappa shape index (κ2) is 8.85. The van der Waals surface area contributed by atoms with Gasteiger partial charge in [-0.05, 0) is 29.1 Å². The van der Waals surface area contributed by atoms with E-state index in [1.165, 1.54) is 28.7 Å². The van der Waals surface area contributed by atoms with Crippen molar-refractivity contribution in [2.24, 2.45) is 0 Å². The predicted octanol–water partition coefficient (Wildman–Crippen LogP) is 4.68. The lowest BCUT2D eigenvalue weighted by Crippen LogP contribution is -2.31. The summed E-state index contributed by atoms with van der Waals surface area (Å²) in [5, 5.41) is 7.13. The van der Waals surface area contributed by atoms with E-state index in [4.69, 9.17) is 4.74 Å². The first-order valence-corrected chi connectivity index (χ1v) is 10.6. The number of thiophene rings is 1. The van der Waals surface area contributed by atoms with Gasteiger partial charge in [-0.15, -0.1) is 22.7 Å². The Morgan fingerprint density at radius 1 is 0.933 bits per heavy atom. The van der Waals surface area contributed by atoms with Crippen LogP contribution in [0.3, 0.4) is 0 Å². The number of amides is 3. The number of anilines is 1. The van der Waals surface area contributed by atoms with Gasteiger partial charge in [0.05, 0.1) is 15.8 Å². The van der Waals surface area contributed by atoms with E-state index >= 15 is 0 Å². The number of ether oxygens (including phenoxy) is 1. The molecule has 0 spiro atoms. The number of benzene rings is 2. The molecule has 0 aliphatic carbocycles. The summed E-state index contributed by atoms with van der Waals surface area (Å²) in [6, 6.07) is 18.1. The molecule has 4 aromatic rings. The standard InChI is InChI=1S/C21H15N3O4S2/c25-17(24-21(27)28-12-13-6-2-1-3-7-13)14-10-11-29-19(14)23-18(26)20-22-15-8-4-5-9-16(15)30-20/h1-11H,12H2,(H,23,26)(H,24,25,27). The second-order valence-corrected chi connectivity index (χ2v) is 8.07. The van der Waals surface area contributed by atoms with Crippen molar-refractivity contribution in [2.75, 3.05) is 5.32 Å². The second-order valence-electron chi connectivity index (χ2n) is 6.12. The molecule has 0 aliphatic rings. The first kappa shape index (κ1) is 19.7. The minimum absolute atomic E-state index is 0.0464. The fraction of sp³-hybridized carbons (Fsp3) is 0.0476. The Morgan fingerprint density at radius 2 is 1.70 bits per heavy atom. The number of nitrogens with zero attached hydrogens (tertiary/aromatic N) is 1. The number of aromatic nitrogens is 1. The van der Waals surface area contributed by atoms with Crippen LogP contribution in [0, 0.1) is 0 Å². The number of thiazole rings is 1. The van der Waals surface area contributed by atoms with Crippen molar-refractivity contribution in [3.8, 4) is 0 Å². The molecule has 0 atom stereocenters. The highest BCUT2D eigenvalue weighted by Gasteiger charge is 2.20. The Labute approximate surface area is 179 Å². The van der Waals surface area contributed by atoms with Crippen molar-refractivity contribution >= 4 is 55.8 Å². The molecular formula is C21H15N3O4S2. The zero-order valence-corrected chi connectivity index (χ0v) is 17.1. The zero-order valence-electron chi connectivity index (χ0n) is 15.5. The molecule has 4 rings (SSSR count). The van der Waals surface area contributed by atoms with E-state index in [9.17, 15) is 14.4 Å². The quantitative estimate of drug-likeness (QED) is 0.473.